The van der Waals surface area contributed by atoms with Crippen LogP contribution in [0.3, 0.4) is 0 Å². The van der Waals surface area contributed by atoms with E-state index in [2.05, 4.69) is 33.5 Å². The van der Waals surface area contributed by atoms with Crippen molar-refractivity contribution in [2.75, 3.05) is 13.1 Å². The van der Waals surface area contributed by atoms with Crippen molar-refractivity contribution in [2.24, 2.45) is 5.92 Å². The molecule has 73 heavy (non-hydrogen) atoms. The molecule has 23 nitrogen and oxygen atoms in total. The first kappa shape index (κ1) is 60.5. The minimum Gasteiger partial charge on any atom is -0.508 e. The monoisotopic (exact) mass is 1040 g/mol. The maximum Gasteiger partial charge on any atom is 0.248 e. The molecule has 0 saturated carbocycles. The maximum atomic E-state index is 14.3. The van der Waals surface area contributed by atoms with Gasteiger partial charge in [-0.05, 0) is 38.0 Å². The molecule has 0 aliphatic carbocycles. The highest BCUT2D eigenvalue weighted by Crippen LogP contribution is 2.28. The number of amides is 7. The Morgan fingerprint density at radius 3 is 1.70 bits per heavy atom. The van der Waals surface area contributed by atoms with Gasteiger partial charge in [-0.25, -0.2) is 0 Å². The summed E-state index contributed by atoms with van der Waals surface area (Å²) in [6.07, 6.45) is -2.52. The van der Waals surface area contributed by atoms with Crippen molar-refractivity contribution in [3.63, 3.8) is 0 Å². The number of aliphatic hydroxyl groups excluding tert-OH is 8. The van der Waals surface area contributed by atoms with Crippen LogP contribution in [0.15, 0.2) is 24.3 Å². The van der Waals surface area contributed by atoms with Gasteiger partial charge in [-0.1, -0.05) is 103 Å². The van der Waals surface area contributed by atoms with E-state index in [1.807, 2.05) is 0 Å². The van der Waals surface area contributed by atoms with Crippen molar-refractivity contribution in [1.82, 2.24) is 36.4 Å². The third kappa shape index (κ3) is 17.3. The third-order valence-corrected chi connectivity index (χ3v) is 14.0. The Morgan fingerprint density at radius 2 is 1.15 bits per heavy atom. The number of carbonyl (C=O) groups is 7. The molecule has 412 valence electrons. The van der Waals surface area contributed by atoms with E-state index in [1.165, 1.54) is 64.0 Å². The lowest BCUT2D eigenvalue weighted by molar-refractivity contribution is -0.148. The number of hydrogen-bond acceptors (Lipinski definition) is 16. The summed E-state index contributed by atoms with van der Waals surface area (Å²) in [4.78, 5) is 100. The maximum absolute atomic E-state index is 14.3. The summed E-state index contributed by atoms with van der Waals surface area (Å²) < 4.78 is 0. The first-order valence-electron chi connectivity index (χ1n) is 25.9. The van der Waals surface area contributed by atoms with Crippen molar-refractivity contribution < 1.29 is 79.5 Å². The molecule has 3 heterocycles. The summed E-state index contributed by atoms with van der Waals surface area (Å²) in [5, 5.41) is 110. The normalized spacial score (nSPS) is 29.7. The molecule has 1 aromatic carbocycles. The number of phenols is 1. The van der Waals surface area contributed by atoms with Gasteiger partial charge < -0.3 is 82.3 Å². The molecule has 15 atom stereocenters. The van der Waals surface area contributed by atoms with Crippen LogP contribution in [0.1, 0.15) is 142 Å². The van der Waals surface area contributed by atoms with Gasteiger partial charge in [-0.2, -0.15) is 0 Å². The number of phenolic OH excluding ortho intramolecular Hbond substituents is 1. The lowest BCUT2D eigenvalue weighted by Gasteiger charge is -2.34. The van der Waals surface area contributed by atoms with E-state index >= 15 is 0 Å². The predicted molar refractivity (Wildman–Crippen MR) is 262 cm³/mol. The second kappa shape index (κ2) is 29.2. The van der Waals surface area contributed by atoms with Gasteiger partial charge in [0.05, 0.1) is 24.4 Å². The van der Waals surface area contributed by atoms with Gasteiger partial charge in [0.15, 0.2) is 6.23 Å². The van der Waals surface area contributed by atoms with E-state index in [0.29, 0.717) is 12.8 Å². The standard InChI is InChI=1S/C50H81N7O16/c1-5-6-7-8-9-10-11-12-13-14-15-16-17-18-36(63)51-33-24-35(62)46(69)55-48(71)40-41(64)27(2)25-57(40)50(73)38(29(4)59)53-47(70)39(43(66)42(65)30-19-21-31(60)22-20-30)54-45(68)34-23-32(61)26-56(34)49(72)37(28(3)58)52-44(33)67/h19-22,27-29,32-35,37-43,46,58-62,64-66,69H,5-18,23-26H2,1-4H3,(H,51,63)(H,52,67)(H,53,70)(H,54,68)(H,55,71)/t27?,28-,29-,32?,33+,34+,35-,37+,38+,39+,40+,41?,42?,43+,46-/m1/s1. The third-order valence-electron chi connectivity index (χ3n) is 14.0. The quantitative estimate of drug-likeness (QED) is 0.0650. The zero-order chi connectivity index (χ0) is 54.1. The van der Waals surface area contributed by atoms with Gasteiger partial charge in [0.2, 0.25) is 41.4 Å². The molecule has 14 N–H and O–H groups in total. The summed E-state index contributed by atoms with van der Waals surface area (Å²) in [6, 6.07) is -6.56. The van der Waals surface area contributed by atoms with Gasteiger partial charge >= 0.3 is 0 Å². The number of aromatic hydroxyl groups is 1. The van der Waals surface area contributed by atoms with Crippen molar-refractivity contribution in [3.05, 3.63) is 29.8 Å². The topological polar surface area (TPSA) is 368 Å². The van der Waals surface area contributed by atoms with E-state index in [0.717, 1.165) is 61.5 Å². The van der Waals surface area contributed by atoms with Crippen LogP contribution in [0.5, 0.6) is 5.75 Å². The van der Waals surface area contributed by atoms with Crippen molar-refractivity contribution in [2.45, 2.75) is 216 Å². The van der Waals surface area contributed by atoms with Crippen LogP contribution < -0.4 is 26.6 Å². The highest BCUT2D eigenvalue weighted by molar-refractivity contribution is 5.98. The molecule has 4 rings (SSSR count). The van der Waals surface area contributed by atoms with E-state index < -0.39 is 152 Å². The fourth-order valence-corrected chi connectivity index (χ4v) is 9.59. The minimum atomic E-state index is -2.27. The van der Waals surface area contributed by atoms with E-state index in [1.54, 1.807) is 0 Å². The fraction of sp³-hybridized carbons (Fsp3) is 0.740. The molecular weight excluding hydrogens is 955 g/mol. The van der Waals surface area contributed by atoms with Crippen LogP contribution in [0.25, 0.3) is 0 Å². The summed E-state index contributed by atoms with van der Waals surface area (Å²) in [5.41, 5.74) is -0.0586. The number of hydrogen-bond donors (Lipinski definition) is 14. The average Bonchev–Trinajstić information content (AvgIpc) is 3.89. The highest BCUT2D eigenvalue weighted by Gasteiger charge is 2.50. The minimum absolute atomic E-state index is 0.0494. The fourth-order valence-electron chi connectivity index (χ4n) is 9.59. The zero-order valence-electron chi connectivity index (χ0n) is 42.5. The first-order valence-corrected chi connectivity index (χ1v) is 25.9. The van der Waals surface area contributed by atoms with Crippen molar-refractivity contribution in [1.29, 1.82) is 0 Å². The molecule has 7 amide bonds. The highest BCUT2D eigenvalue weighted by atomic mass is 16.3. The van der Waals surface area contributed by atoms with Crippen LogP contribution in [0.2, 0.25) is 0 Å². The summed E-state index contributed by atoms with van der Waals surface area (Å²) >= 11 is 0. The van der Waals surface area contributed by atoms with Crippen LogP contribution in [0.4, 0.5) is 0 Å². The number of unbranched alkanes of at least 4 members (excludes halogenated alkanes) is 12. The first-order chi connectivity index (χ1) is 34.6. The van der Waals surface area contributed by atoms with Crippen molar-refractivity contribution >= 4 is 41.4 Å². The SMILES string of the molecule is CCCCCCCCCCCCCCCC(=O)N[C@H]1C[C@@H](O)[C@@H](O)NC(=O)[C@@H]2C(O)C(C)CN2C(=O)[C@H]([C@@H](C)O)NC(=O)[C@H]([C@H](O)C(O)c2ccc(O)cc2)NC(=O)[C@@H]2CC(O)CN2C(=O)[C@H]([C@@H](C)O)NC1=O. The zero-order valence-corrected chi connectivity index (χ0v) is 42.5. The molecule has 3 aliphatic heterocycles. The van der Waals surface area contributed by atoms with Crippen LogP contribution in [-0.2, 0) is 33.6 Å². The summed E-state index contributed by atoms with van der Waals surface area (Å²) in [7, 11) is 0. The Morgan fingerprint density at radius 1 is 0.644 bits per heavy atom. The molecule has 3 saturated heterocycles. The van der Waals surface area contributed by atoms with Crippen LogP contribution >= 0.6 is 0 Å². The van der Waals surface area contributed by atoms with Gasteiger partial charge in [0, 0.05) is 38.3 Å². The Bertz CT molecular complexity index is 1980. The van der Waals surface area contributed by atoms with Crippen LogP contribution in [0, 0.1) is 5.92 Å². The molecule has 1 aromatic rings. The van der Waals surface area contributed by atoms with Crippen molar-refractivity contribution in [3.8, 4) is 5.75 Å². The summed E-state index contributed by atoms with van der Waals surface area (Å²) in [6.45, 7) is 5.01. The molecule has 4 unspecified atom stereocenters. The molecule has 0 bridgehead atoms. The second-order valence-corrected chi connectivity index (χ2v) is 20.1. The Kier molecular flexibility index (Phi) is 24.2. The smallest absolute Gasteiger partial charge is 0.248 e. The Hall–Kier alpha value is -5.01. The van der Waals surface area contributed by atoms with Gasteiger partial charge in [-0.3, -0.25) is 33.6 Å². The molecule has 3 fully saturated rings. The molecule has 0 aromatic heterocycles. The molecule has 0 spiro atoms. The predicted octanol–water partition coefficient (Wildman–Crippen LogP) is -1.66. The van der Waals surface area contributed by atoms with E-state index in [4.69, 9.17) is 0 Å². The lowest BCUT2D eigenvalue weighted by Crippen LogP contribution is -2.64. The molecule has 3 aliphatic rings. The molecule has 23 heteroatoms. The number of nitrogens with zero attached hydrogens (tertiary/aromatic N) is 2. The summed E-state index contributed by atoms with van der Waals surface area (Å²) in [5.74, 6) is -8.92. The van der Waals surface area contributed by atoms with Gasteiger partial charge in [0.1, 0.15) is 60.3 Å². The Balaban J connectivity index is 1.64. The molecule has 0 radical (unpaired) electrons. The Labute approximate surface area is 426 Å². The van der Waals surface area contributed by atoms with Gasteiger partial charge in [0.25, 0.3) is 0 Å². The number of fused-ring (bicyclic) bond motifs is 2. The van der Waals surface area contributed by atoms with E-state index in [-0.39, 0.29) is 24.3 Å². The number of nitrogens with one attached hydrogen (secondary N) is 5. The average molecular weight is 1040 g/mol. The van der Waals surface area contributed by atoms with Crippen LogP contribution in [-0.4, -0.2) is 189 Å². The number of carbonyl (C=O) groups excluding carboxylic acids is 7. The van der Waals surface area contributed by atoms with E-state index in [9.17, 15) is 79.5 Å². The molecular formula is C50H81N7O16. The lowest BCUT2D eigenvalue weighted by atomic mass is 9.96. The number of benzene rings is 1. The number of aliphatic hydroxyl groups is 8. The second-order valence-electron chi connectivity index (χ2n) is 20.1. The van der Waals surface area contributed by atoms with Gasteiger partial charge in [-0.15, -0.1) is 0 Å². The largest absolute Gasteiger partial charge is 0.508 e. The number of rotatable bonds is 20.